The highest BCUT2D eigenvalue weighted by Crippen LogP contribution is 2.18. The van der Waals surface area contributed by atoms with Crippen LogP contribution in [0.1, 0.15) is 23.6 Å². The van der Waals surface area contributed by atoms with Crippen LogP contribution in [0.4, 0.5) is 0 Å². The molecule has 1 heterocycles. The van der Waals surface area contributed by atoms with Crippen LogP contribution in [0.25, 0.3) is 0 Å². The number of benzene rings is 1. The van der Waals surface area contributed by atoms with Crippen LogP contribution in [-0.2, 0) is 24.3 Å². The Morgan fingerprint density at radius 1 is 1.43 bits per heavy atom. The maximum Gasteiger partial charge on any atom is 0.0713 e. The van der Waals surface area contributed by atoms with Crippen LogP contribution in [0.5, 0.6) is 0 Å². The van der Waals surface area contributed by atoms with Gasteiger partial charge in [0.25, 0.3) is 0 Å². The molecule has 0 saturated carbocycles. The van der Waals surface area contributed by atoms with Crippen molar-refractivity contribution >= 4 is 0 Å². The van der Waals surface area contributed by atoms with Crippen molar-refractivity contribution in [1.29, 1.82) is 0 Å². The molecule has 0 fully saturated rings. The van der Waals surface area contributed by atoms with E-state index >= 15 is 0 Å². The first kappa shape index (κ1) is 9.69. The van der Waals surface area contributed by atoms with Gasteiger partial charge in [0.15, 0.2) is 0 Å². The SMILES string of the molecule is COCc1ccc2c(c1)CNC(C)C2. The molecule has 0 bridgehead atoms. The Bertz CT molecular complexity index is 322. The lowest BCUT2D eigenvalue weighted by molar-refractivity contribution is 0.185. The predicted octanol–water partition coefficient (Wildman–Crippen LogP) is 1.87. The summed E-state index contributed by atoms with van der Waals surface area (Å²) in [6.07, 6.45) is 1.14. The maximum absolute atomic E-state index is 5.12. The fourth-order valence-corrected chi connectivity index (χ4v) is 1.99. The third kappa shape index (κ3) is 1.97. The molecule has 76 valence electrons. The van der Waals surface area contributed by atoms with E-state index in [1.807, 2.05) is 0 Å². The van der Waals surface area contributed by atoms with Gasteiger partial charge in [-0.1, -0.05) is 18.2 Å². The Hall–Kier alpha value is -0.860. The highest BCUT2D eigenvalue weighted by atomic mass is 16.5. The normalized spacial score (nSPS) is 20.6. The third-order valence-electron chi connectivity index (χ3n) is 2.75. The van der Waals surface area contributed by atoms with Crippen molar-refractivity contribution in [1.82, 2.24) is 5.32 Å². The zero-order valence-electron chi connectivity index (χ0n) is 8.84. The average molecular weight is 191 g/mol. The van der Waals surface area contributed by atoms with Gasteiger partial charge in [-0.2, -0.15) is 0 Å². The largest absolute Gasteiger partial charge is 0.380 e. The van der Waals surface area contributed by atoms with Crippen molar-refractivity contribution in [3.8, 4) is 0 Å². The van der Waals surface area contributed by atoms with Crippen molar-refractivity contribution in [2.45, 2.75) is 32.5 Å². The first-order chi connectivity index (χ1) is 6.79. The summed E-state index contributed by atoms with van der Waals surface area (Å²) >= 11 is 0. The number of hydrogen-bond donors (Lipinski definition) is 1. The van der Waals surface area contributed by atoms with E-state index in [4.69, 9.17) is 4.74 Å². The highest BCUT2D eigenvalue weighted by molar-refractivity contribution is 5.34. The molecule has 0 amide bonds. The average Bonchev–Trinajstić information content (AvgIpc) is 2.19. The van der Waals surface area contributed by atoms with Gasteiger partial charge in [0.2, 0.25) is 0 Å². The lowest BCUT2D eigenvalue weighted by Gasteiger charge is -2.23. The van der Waals surface area contributed by atoms with Gasteiger partial charge >= 0.3 is 0 Å². The van der Waals surface area contributed by atoms with Crippen LogP contribution in [0, 0.1) is 0 Å². The molecule has 0 aromatic heterocycles. The van der Waals surface area contributed by atoms with E-state index in [2.05, 4.69) is 30.4 Å². The van der Waals surface area contributed by atoms with Crippen LogP contribution in [0.2, 0.25) is 0 Å². The Morgan fingerprint density at radius 3 is 3.07 bits per heavy atom. The molecule has 0 aliphatic carbocycles. The van der Waals surface area contributed by atoms with Crippen molar-refractivity contribution in [3.05, 3.63) is 34.9 Å². The molecular formula is C12H17NO. The van der Waals surface area contributed by atoms with Crippen LogP contribution in [-0.4, -0.2) is 13.2 Å². The second-order valence-electron chi connectivity index (χ2n) is 4.02. The summed E-state index contributed by atoms with van der Waals surface area (Å²) < 4.78 is 5.12. The molecule has 1 aromatic carbocycles. The van der Waals surface area contributed by atoms with E-state index in [1.54, 1.807) is 7.11 Å². The number of rotatable bonds is 2. The molecule has 1 N–H and O–H groups in total. The summed E-state index contributed by atoms with van der Waals surface area (Å²) in [5.74, 6) is 0. The monoisotopic (exact) mass is 191 g/mol. The van der Waals surface area contributed by atoms with Gasteiger partial charge in [0.05, 0.1) is 6.61 Å². The van der Waals surface area contributed by atoms with Gasteiger partial charge in [0.1, 0.15) is 0 Å². The van der Waals surface area contributed by atoms with E-state index in [1.165, 1.54) is 16.7 Å². The number of hydrogen-bond acceptors (Lipinski definition) is 2. The predicted molar refractivity (Wildman–Crippen MR) is 57.2 cm³/mol. The van der Waals surface area contributed by atoms with Gasteiger partial charge < -0.3 is 10.1 Å². The van der Waals surface area contributed by atoms with Crippen LogP contribution >= 0.6 is 0 Å². The van der Waals surface area contributed by atoms with Crippen molar-refractivity contribution in [2.24, 2.45) is 0 Å². The zero-order valence-corrected chi connectivity index (χ0v) is 8.84. The molecule has 2 heteroatoms. The van der Waals surface area contributed by atoms with Gasteiger partial charge in [-0.3, -0.25) is 0 Å². The smallest absolute Gasteiger partial charge is 0.0713 e. The summed E-state index contributed by atoms with van der Waals surface area (Å²) in [5.41, 5.74) is 4.18. The first-order valence-corrected chi connectivity index (χ1v) is 5.12. The zero-order chi connectivity index (χ0) is 9.97. The van der Waals surface area contributed by atoms with Crippen LogP contribution in [0.3, 0.4) is 0 Å². The molecular weight excluding hydrogens is 174 g/mol. The van der Waals surface area contributed by atoms with E-state index in [-0.39, 0.29) is 0 Å². The van der Waals surface area contributed by atoms with Crippen LogP contribution < -0.4 is 5.32 Å². The minimum Gasteiger partial charge on any atom is -0.380 e. The van der Waals surface area contributed by atoms with E-state index in [0.29, 0.717) is 12.6 Å². The summed E-state index contributed by atoms with van der Waals surface area (Å²) in [4.78, 5) is 0. The number of fused-ring (bicyclic) bond motifs is 1. The molecule has 1 aromatic rings. The molecule has 14 heavy (non-hydrogen) atoms. The first-order valence-electron chi connectivity index (χ1n) is 5.12. The van der Waals surface area contributed by atoms with Crippen molar-refractivity contribution in [2.75, 3.05) is 7.11 Å². The van der Waals surface area contributed by atoms with E-state index in [0.717, 1.165) is 13.0 Å². The Balaban J connectivity index is 2.22. The van der Waals surface area contributed by atoms with E-state index in [9.17, 15) is 0 Å². The molecule has 1 aliphatic rings. The molecule has 0 radical (unpaired) electrons. The summed E-state index contributed by atoms with van der Waals surface area (Å²) in [7, 11) is 1.74. The lowest BCUT2D eigenvalue weighted by atomic mass is 9.95. The van der Waals surface area contributed by atoms with Crippen molar-refractivity contribution in [3.63, 3.8) is 0 Å². The topological polar surface area (TPSA) is 21.3 Å². The fourth-order valence-electron chi connectivity index (χ4n) is 1.99. The standard InChI is InChI=1S/C12H17NO/c1-9-5-11-4-3-10(8-14-2)6-12(11)7-13-9/h3-4,6,9,13H,5,7-8H2,1-2H3. The number of ether oxygens (including phenoxy) is 1. The number of nitrogens with one attached hydrogen (secondary N) is 1. The van der Waals surface area contributed by atoms with E-state index < -0.39 is 0 Å². The molecule has 1 atom stereocenters. The molecule has 0 saturated heterocycles. The summed E-state index contributed by atoms with van der Waals surface area (Å²) in [5, 5.41) is 3.47. The highest BCUT2D eigenvalue weighted by Gasteiger charge is 2.13. The van der Waals surface area contributed by atoms with Crippen LogP contribution in [0.15, 0.2) is 18.2 Å². The molecule has 1 unspecified atom stereocenters. The third-order valence-corrected chi connectivity index (χ3v) is 2.75. The Kier molecular flexibility index (Phi) is 2.85. The van der Waals surface area contributed by atoms with Gasteiger partial charge in [-0.05, 0) is 30.0 Å². The summed E-state index contributed by atoms with van der Waals surface area (Å²) in [6.45, 7) is 3.93. The van der Waals surface area contributed by atoms with Crippen molar-refractivity contribution < 1.29 is 4.74 Å². The molecule has 2 nitrogen and oxygen atoms in total. The second-order valence-corrected chi connectivity index (χ2v) is 4.02. The fraction of sp³-hybridized carbons (Fsp3) is 0.500. The Morgan fingerprint density at radius 2 is 2.29 bits per heavy atom. The summed E-state index contributed by atoms with van der Waals surface area (Å²) in [6, 6.07) is 7.26. The van der Waals surface area contributed by atoms with Gasteiger partial charge in [-0.25, -0.2) is 0 Å². The Labute approximate surface area is 85.3 Å². The van der Waals surface area contributed by atoms with Gasteiger partial charge in [-0.15, -0.1) is 0 Å². The number of methoxy groups -OCH3 is 1. The molecule has 0 spiro atoms. The second kappa shape index (κ2) is 4.11. The quantitative estimate of drug-likeness (QED) is 0.770. The minimum atomic E-state index is 0.607. The minimum absolute atomic E-state index is 0.607. The molecule has 1 aliphatic heterocycles. The maximum atomic E-state index is 5.12. The van der Waals surface area contributed by atoms with Gasteiger partial charge in [0, 0.05) is 19.7 Å². The molecule has 2 rings (SSSR count). The lowest BCUT2D eigenvalue weighted by Crippen LogP contribution is -2.32.